The van der Waals surface area contributed by atoms with Crippen LogP contribution in [0.25, 0.3) is 0 Å². The third kappa shape index (κ3) is 6.46. The molecule has 0 radical (unpaired) electrons. The summed E-state index contributed by atoms with van der Waals surface area (Å²) in [6.45, 7) is 6.23. The molecule has 1 nitrogen and oxygen atoms in total. The molecule has 0 saturated heterocycles. The van der Waals surface area contributed by atoms with E-state index in [2.05, 4.69) is 97.6 Å². The SMILES string of the molecule is CC(C)c1cc[c-]c(N(Cc2ccccc2)Cc2ccccc2)c1.[Br-].[Mg+2]. The fraction of sp³-hybridized carbons (Fsp3) is 0.217. The molecule has 0 aliphatic heterocycles. The molecule has 3 aromatic carbocycles. The predicted octanol–water partition coefficient (Wildman–Crippen LogP) is 2.44. The first-order valence-electron chi connectivity index (χ1n) is 8.57. The van der Waals surface area contributed by atoms with Crippen LogP contribution in [0, 0.1) is 6.07 Å². The van der Waals surface area contributed by atoms with E-state index in [4.69, 9.17) is 0 Å². The van der Waals surface area contributed by atoms with Crippen LogP contribution in [-0.2, 0) is 13.1 Å². The van der Waals surface area contributed by atoms with Gasteiger partial charge in [-0.1, -0.05) is 80.2 Å². The molecule has 0 aliphatic rings. The van der Waals surface area contributed by atoms with Crippen molar-refractivity contribution >= 4 is 28.7 Å². The van der Waals surface area contributed by atoms with Gasteiger partial charge < -0.3 is 21.9 Å². The van der Waals surface area contributed by atoms with E-state index in [-0.39, 0.29) is 40.0 Å². The molecular formula is C23H24BrMgN. The maximum atomic E-state index is 3.43. The van der Waals surface area contributed by atoms with Crippen LogP contribution in [0.15, 0.2) is 78.9 Å². The summed E-state index contributed by atoms with van der Waals surface area (Å²) in [5.74, 6) is 0.522. The van der Waals surface area contributed by atoms with Crippen LogP contribution < -0.4 is 21.9 Å². The van der Waals surface area contributed by atoms with Gasteiger partial charge >= 0.3 is 23.1 Å². The van der Waals surface area contributed by atoms with E-state index in [1.165, 1.54) is 16.7 Å². The minimum Gasteiger partial charge on any atom is -1.00 e. The number of halogens is 1. The number of anilines is 1. The summed E-state index contributed by atoms with van der Waals surface area (Å²) in [5, 5.41) is 0. The molecule has 0 unspecified atom stereocenters. The number of hydrogen-bond acceptors (Lipinski definition) is 1. The number of nitrogens with zero attached hydrogens (tertiary/aromatic N) is 1. The van der Waals surface area contributed by atoms with Crippen molar-refractivity contribution in [1.29, 1.82) is 0 Å². The molecule has 0 bridgehead atoms. The zero-order valence-corrected chi connectivity index (χ0v) is 18.5. The topological polar surface area (TPSA) is 3.24 Å². The average Bonchev–Trinajstić information content (AvgIpc) is 2.63. The molecule has 130 valence electrons. The minimum atomic E-state index is 0. The summed E-state index contributed by atoms with van der Waals surface area (Å²) in [4.78, 5) is 2.40. The Labute approximate surface area is 184 Å². The third-order valence-electron chi connectivity index (χ3n) is 4.25. The molecule has 0 fully saturated rings. The Morgan fingerprint density at radius 2 is 1.31 bits per heavy atom. The van der Waals surface area contributed by atoms with Crippen LogP contribution in [0.5, 0.6) is 0 Å². The largest absolute Gasteiger partial charge is 2.00 e. The van der Waals surface area contributed by atoms with Crippen molar-refractivity contribution < 1.29 is 17.0 Å². The van der Waals surface area contributed by atoms with E-state index < -0.39 is 0 Å². The standard InChI is InChI=1S/C23H24N.BrH.Mg/c1-19(2)22-14-9-15-23(16-22)24(17-20-10-5-3-6-11-20)18-21-12-7-4-8-13-21;;/h3-14,16,19H,17-18H2,1-2H3;1H;/q-1;;+2/p-1. The van der Waals surface area contributed by atoms with Crippen LogP contribution in [-0.4, -0.2) is 23.1 Å². The van der Waals surface area contributed by atoms with E-state index in [0.29, 0.717) is 5.92 Å². The molecular weight excluding hydrogens is 394 g/mol. The molecule has 0 aromatic heterocycles. The van der Waals surface area contributed by atoms with Gasteiger partial charge in [0.2, 0.25) is 0 Å². The van der Waals surface area contributed by atoms with Gasteiger partial charge in [-0.3, -0.25) is 0 Å². The summed E-state index contributed by atoms with van der Waals surface area (Å²) in [6.07, 6.45) is 0. The van der Waals surface area contributed by atoms with Gasteiger partial charge in [-0.25, -0.2) is 0 Å². The number of hydrogen-bond donors (Lipinski definition) is 0. The predicted molar refractivity (Wildman–Crippen MR) is 108 cm³/mol. The van der Waals surface area contributed by atoms with Crippen LogP contribution in [0.4, 0.5) is 5.69 Å². The summed E-state index contributed by atoms with van der Waals surface area (Å²) >= 11 is 0. The zero-order chi connectivity index (χ0) is 16.8. The fourth-order valence-electron chi connectivity index (χ4n) is 2.85. The molecule has 3 heteroatoms. The Balaban J connectivity index is 0.00000169. The smallest absolute Gasteiger partial charge is 1.00 e. The normalized spacial score (nSPS) is 9.96. The van der Waals surface area contributed by atoms with Crippen molar-refractivity contribution in [2.75, 3.05) is 4.90 Å². The van der Waals surface area contributed by atoms with Gasteiger partial charge in [0.05, 0.1) is 0 Å². The second-order valence-electron chi connectivity index (χ2n) is 6.49. The molecule has 26 heavy (non-hydrogen) atoms. The fourth-order valence-corrected chi connectivity index (χ4v) is 2.85. The molecule has 0 heterocycles. The molecule has 0 aliphatic carbocycles. The molecule has 0 amide bonds. The first-order valence-corrected chi connectivity index (χ1v) is 8.57. The van der Waals surface area contributed by atoms with E-state index in [0.717, 1.165) is 18.8 Å². The van der Waals surface area contributed by atoms with Crippen LogP contribution in [0.1, 0.15) is 36.5 Å². The van der Waals surface area contributed by atoms with Crippen molar-refractivity contribution in [3.8, 4) is 0 Å². The average molecular weight is 419 g/mol. The summed E-state index contributed by atoms with van der Waals surface area (Å²) < 4.78 is 0. The molecule has 0 N–H and O–H groups in total. The second-order valence-corrected chi connectivity index (χ2v) is 6.49. The Bertz CT molecular complexity index is 718. The van der Waals surface area contributed by atoms with Crippen molar-refractivity contribution in [2.45, 2.75) is 32.9 Å². The van der Waals surface area contributed by atoms with Crippen LogP contribution >= 0.6 is 0 Å². The molecule has 0 atom stereocenters. The van der Waals surface area contributed by atoms with Gasteiger partial charge in [0, 0.05) is 13.1 Å². The summed E-state index contributed by atoms with van der Waals surface area (Å²) in [5.41, 5.74) is 5.15. The van der Waals surface area contributed by atoms with Gasteiger partial charge in [0.15, 0.2) is 0 Å². The van der Waals surface area contributed by atoms with Gasteiger partial charge in [0.25, 0.3) is 0 Å². The van der Waals surface area contributed by atoms with Crippen molar-refractivity contribution in [3.05, 3.63) is 102 Å². The maximum absolute atomic E-state index is 3.43. The summed E-state index contributed by atoms with van der Waals surface area (Å²) in [6, 6.07) is 31.2. The van der Waals surface area contributed by atoms with Gasteiger partial charge in [0.1, 0.15) is 0 Å². The van der Waals surface area contributed by atoms with Gasteiger partial charge in [-0.05, 0) is 17.0 Å². The molecule has 0 spiro atoms. The van der Waals surface area contributed by atoms with Crippen LogP contribution in [0.3, 0.4) is 0 Å². The van der Waals surface area contributed by atoms with Gasteiger partial charge in [-0.15, -0.1) is 6.07 Å². The third-order valence-corrected chi connectivity index (χ3v) is 4.25. The quantitative estimate of drug-likeness (QED) is 0.439. The van der Waals surface area contributed by atoms with Crippen LogP contribution in [0.2, 0.25) is 0 Å². The molecule has 0 saturated carbocycles. The Hall–Kier alpha value is -1.29. The molecule has 3 aromatic rings. The maximum Gasteiger partial charge on any atom is 2.00 e. The zero-order valence-electron chi connectivity index (χ0n) is 15.5. The summed E-state index contributed by atoms with van der Waals surface area (Å²) in [7, 11) is 0. The molecule has 3 rings (SSSR count). The Kier molecular flexibility index (Phi) is 10.00. The number of benzene rings is 3. The first-order chi connectivity index (χ1) is 11.7. The van der Waals surface area contributed by atoms with Crippen molar-refractivity contribution in [1.82, 2.24) is 0 Å². The monoisotopic (exact) mass is 417 g/mol. The number of rotatable bonds is 6. The van der Waals surface area contributed by atoms with E-state index in [9.17, 15) is 0 Å². The van der Waals surface area contributed by atoms with E-state index >= 15 is 0 Å². The first kappa shape index (κ1) is 22.7. The minimum absolute atomic E-state index is 0. The van der Waals surface area contributed by atoms with E-state index in [1.54, 1.807) is 0 Å². The Morgan fingerprint density at radius 1 is 0.808 bits per heavy atom. The van der Waals surface area contributed by atoms with E-state index in [1.807, 2.05) is 6.07 Å². The second kappa shape index (κ2) is 11.4. The van der Waals surface area contributed by atoms with Crippen molar-refractivity contribution in [2.24, 2.45) is 0 Å². The van der Waals surface area contributed by atoms with Crippen molar-refractivity contribution in [3.63, 3.8) is 0 Å². The Morgan fingerprint density at radius 3 is 1.77 bits per heavy atom. The van der Waals surface area contributed by atoms with Gasteiger partial charge in [-0.2, -0.15) is 23.8 Å².